The first kappa shape index (κ1) is 15.3. The fourth-order valence-corrected chi connectivity index (χ4v) is 3.33. The largest absolute Gasteiger partial charge is 0.376 e. The van der Waals surface area contributed by atoms with Crippen molar-refractivity contribution in [2.45, 2.75) is 71.2 Å². The SMILES string of the molecule is CCCC1NC(=O)C(C(C)C)N(C2CCOC2C)C1=O. The summed E-state index contributed by atoms with van der Waals surface area (Å²) < 4.78 is 5.60. The maximum absolute atomic E-state index is 12.8. The summed E-state index contributed by atoms with van der Waals surface area (Å²) in [6.07, 6.45) is 2.41. The first-order chi connectivity index (χ1) is 9.47. The number of hydrogen-bond acceptors (Lipinski definition) is 3. The third-order valence-corrected chi connectivity index (χ3v) is 4.34. The molecule has 2 amide bonds. The molecule has 0 aromatic carbocycles. The minimum atomic E-state index is -0.371. The molecule has 4 atom stereocenters. The average Bonchev–Trinajstić information content (AvgIpc) is 2.79. The van der Waals surface area contributed by atoms with E-state index >= 15 is 0 Å². The van der Waals surface area contributed by atoms with Crippen molar-refractivity contribution in [3.05, 3.63) is 0 Å². The molecule has 4 unspecified atom stereocenters. The van der Waals surface area contributed by atoms with E-state index in [9.17, 15) is 9.59 Å². The Morgan fingerprint density at radius 2 is 2.10 bits per heavy atom. The monoisotopic (exact) mass is 282 g/mol. The van der Waals surface area contributed by atoms with Gasteiger partial charge in [-0.25, -0.2) is 0 Å². The second-order valence-electron chi connectivity index (χ2n) is 6.22. The van der Waals surface area contributed by atoms with E-state index < -0.39 is 0 Å². The van der Waals surface area contributed by atoms with Crippen molar-refractivity contribution in [1.82, 2.24) is 10.2 Å². The molecule has 1 N–H and O–H groups in total. The van der Waals surface area contributed by atoms with Gasteiger partial charge in [0, 0.05) is 6.61 Å². The van der Waals surface area contributed by atoms with Gasteiger partial charge >= 0.3 is 0 Å². The quantitative estimate of drug-likeness (QED) is 0.846. The van der Waals surface area contributed by atoms with Gasteiger partial charge in [-0.3, -0.25) is 9.59 Å². The standard InChI is InChI=1S/C15H26N2O3/c1-5-6-11-15(19)17(12-7-8-20-10(12)4)13(9(2)3)14(18)16-11/h9-13H,5-8H2,1-4H3,(H,16,18). The normalized spacial score (nSPS) is 34.8. The second-order valence-corrected chi connectivity index (χ2v) is 6.22. The molecule has 0 aromatic rings. The molecule has 20 heavy (non-hydrogen) atoms. The van der Waals surface area contributed by atoms with E-state index in [0.29, 0.717) is 13.0 Å². The predicted octanol–water partition coefficient (Wildman–Crippen LogP) is 1.32. The summed E-state index contributed by atoms with van der Waals surface area (Å²) in [4.78, 5) is 27.0. The van der Waals surface area contributed by atoms with Gasteiger partial charge in [-0.15, -0.1) is 0 Å². The molecule has 0 bridgehead atoms. The Labute approximate surface area is 121 Å². The predicted molar refractivity (Wildman–Crippen MR) is 76.1 cm³/mol. The number of hydrogen-bond donors (Lipinski definition) is 1. The van der Waals surface area contributed by atoms with Crippen LogP contribution in [0.5, 0.6) is 0 Å². The van der Waals surface area contributed by atoms with E-state index in [4.69, 9.17) is 4.74 Å². The molecule has 2 aliphatic rings. The maximum Gasteiger partial charge on any atom is 0.246 e. The second kappa shape index (κ2) is 6.12. The molecule has 2 fully saturated rings. The van der Waals surface area contributed by atoms with E-state index in [-0.39, 0.29) is 42.0 Å². The lowest BCUT2D eigenvalue weighted by Gasteiger charge is -2.44. The van der Waals surface area contributed by atoms with E-state index in [1.54, 1.807) is 0 Å². The highest BCUT2D eigenvalue weighted by atomic mass is 16.5. The zero-order valence-corrected chi connectivity index (χ0v) is 12.9. The van der Waals surface area contributed by atoms with Gasteiger partial charge in [0.15, 0.2) is 0 Å². The molecular weight excluding hydrogens is 256 g/mol. The van der Waals surface area contributed by atoms with Crippen LogP contribution >= 0.6 is 0 Å². The van der Waals surface area contributed by atoms with Gasteiger partial charge in [0.2, 0.25) is 11.8 Å². The highest BCUT2D eigenvalue weighted by Gasteiger charge is 2.47. The molecule has 2 heterocycles. The number of carbonyl (C=O) groups excluding carboxylic acids is 2. The van der Waals surface area contributed by atoms with Gasteiger partial charge in [-0.1, -0.05) is 27.2 Å². The van der Waals surface area contributed by atoms with Gasteiger partial charge < -0.3 is 15.0 Å². The number of nitrogens with one attached hydrogen (secondary N) is 1. The van der Waals surface area contributed by atoms with Crippen LogP contribution in [0.15, 0.2) is 0 Å². The van der Waals surface area contributed by atoms with Gasteiger partial charge in [0.25, 0.3) is 0 Å². The lowest BCUT2D eigenvalue weighted by Crippen LogP contribution is -2.67. The summed E-state index contributed by atoms with van der Waals surface area (Å²) in [5, 5.41) is 2.90. The molecule has 5 nitrogen and oxygen atoms in total. The summed E-state index contributed by atoms with van der Waals surface area (Å²) in [6, 6.07) is -0.708. The minimum absolute atomic E-state index is 0.00776. The van der Waals surface area contributed by atoms with Crippen molar-refractivity contribution < 1.29 is 14.3 Å². The number of rotatable bonds is 4. The van der Waals surface area contributed by atoms with Crippen LogP contribution in [0.3, 0.4) is 0 Å². The number of ether oxygens (including phenoxy) is 1. The Hall–Kier alpha value is -1.10. The Bertz CT molecular complexity index is 383. The van der Waals surface area contributed by atoms with Crippen LogP contribution in [0.1, 0.15) is 47.0 Å². The molecule has 2 aliphatic heterocycles. The van der Waals surface area contributed by atoms with Crippen molar-refractivity contribution in [3.63, 3.8) is 0 Å². The number of carbonyl (C=O) groups is 2. The summed E-state index contributed by atoms with van der Waals surface area (Å²) in [7, 11) is 0. The van der Waals surface area contributed by atoms with Crippen LogP contribution < -0.4 is 5.32 Å². The highest BCUT2D eigenvalue weighted by Crippen LogP contribution is 2.28. The molecule has 0 aliphatic carbocycles. The molecule has 0 radical (unpaired) electrons. The van der Waals surface area contributed by atoms with Crippen molar-refractivity contribution in [1.29, 1.82) is 0 Å². The van der Waals surface area contributed by atoms with Gasteiger partial charge in [0.1, 0.15) is 12.1 Å². The summed E-state index contributed by atoms with van der Waals surface area (Å²) in [6.45, 7) is 8.67. The van der Waals surface area contributed by atoms with E-state index in [2.05, 4.69) is 5.32 Å². The Morgan fingerprint density at radius 1 is 1.40 bits per heavy atom. The average molecular weight is 282 g/mol. The first-order valence-corrected chi connectivity index (χ1v) is 7.71. The fourth-order valence-electron chi connectivity index (χ4n) is 3.33. The van der Waals surface area contributed by atoms with Crippen molar-refractivity contribution in [2.24, 2.45) is 5.92 Å². The topological polar surface area (TPSA) is 58.6 Å². The van der Waals surface area contributed by atoms with Gasteiger partial charge in [-0.2, -0.15) is 0 Å². The van der Waals surface area contributed by atoms with Crippen molar-refractivity contribution in [2.75, 3.05) is 6.61 Å². The molecule has 5 heteroatoms. The van der Waals surface area contributed by atoms with E-state index in [1.807, 2.05) is 32.6 Å². The van der Waals surface area contributed by atoms with Crippen molar-refractivity contribution in [3.8, 4) is 0 Å². The Kier molecular flexibility index (Phi) is 4.68. The maximum atomic E-state index is 12.8. The van der Waals surface area contributed by atoms with Gasteiger partial charge in [-0.05, 0) is 25.7 Å². The Balaban J connectivity index is 2.28. The van der Waals surface area contributed by atoms with E-state index in [0.717, 1.165) is 12.8 Å². The molecule has 0 spiro atoms. The van der Waals surface area contributed by atoms with Crippen LogP contribution in [0, 0.1) is 5.92 Å². The molecule has 0 aromatic heterocycles. The van der Waals surface area contributed by atoms with Crippen LogP contribution in [0.25, 0.3) is 0 Å². The van der Waals surface area contributed by atoms with Crippen molar-refractivity contribution >= 4 is 11.8 Å². The van der Waals surface area contributed by atoms with Gasteiger partial charge in [0.05, 0.1) is 12.1 Å². The molecule has 0 saturated carbocycles. The fraction of sp³-hybridized carbons (Fsp3) is 0.867. The molecule has 114 valence electrons. The lowest BCUT2D eigenvalue weighted by molar-refractivity contribution is -0.155. The zero-order valence-electron chi connectivity index (χ0n) is 12.9. The van der Waals surface area contributed by atoms with Crippen LogP contribution in [0.2, 0.25) is 0 Å². The summed E-state index contributed by atoms with van der Waals surface area (Å²) in [5.41, 5.74) is 0. The van der Waals surface area contributed by atoms with E-state index in [1.165, 1.54) is 0 Å². The minimum Gasteiger partial charge on any atom is -0.376 e. The summed E-state index contributed by atoms with van der Waals surface area (Å²) in [5.74, 6) is 0.152. The zero-order chi connectivity index (χ0) is 14.9. The molecular formula is C15H26N2O3. The smallest absolute Gasteiger partial charge is 0.246 e. The Morgan fingerprint density at radius 3 is 2.60 bits per heavy atom. The lowest BCUT2D eigenvalue weighted by atomic mass is 9.92. The van der Waals surface area contributed by atoms with Crippen LogP contribution in [0.4, 0.5) is 0 Å². The van der Waals surface area contributed by atoms with Crippen LogP contribution in [-0.4, -0.2) is 47.6 Å². The number of piperazine rings is 1. The summed E-state index contributed by atoms with van der Waals surface area (Å²) >= 11 is 0. The molecule has 2 saturated heterocycles. The third-order valence-electron chi connectivity index (χ3n) is 4.34. The van der Waals surface area contributed by atoms with Crippen LogP contribution in [-0.2, 0) is 14.3 Å². The number of amides is 2. The first-order valence-electron chi connectivity index (χ1n) is 7.71. The highest BCUT2D eigenvalue weighted by molar-refractivity contribution is 5.97. The number of nitrogens with zero attached hydrogens (tertiary/aromatic N) is 1. The molecule has 2 rings (SSSR count). The third kappa shape index (κ3) is 2.68.